The standard InChI is InChI=1S/C29H50O4/c1-16(2)17(3)8-9-18(4)20-10-11-24-27(20,6)15-23(31)26-28(7)14-22(30)25(32)19(5)21(28)12-13-29(24,26)33/h16,18-26,30-33H,3,8-15H2,1-2,4-7H3/t18-,19+,20-,21+,22+,23+,24-,25-,26-,27-,28+,29-/m1/s1. The molecule has 0 bridgehead atoms. The zero-order valence-corrected chi connectivity index (χ0v) is 21.9. The molecule has 0 aromatic carbocycles. The van der Waals surface area contributed by atoms with Gasteiger partial charge in [0.25, 0.3) is 0 Å². The minimum absolute atomic E-state index is 0.0192. The summed E-state index contributed by atoms with van der Waals surface area (Å²) in [6, 6.07) is 0. The van der Waals surface area contributed by atoms with E-state index in [4.69, 9.17) is 0 Å². The van der Waals surface area contributed by atoms with Crippen LogP contribution in [0.25, 0.3) is 0 Å². The van der Waals surface area contributed by atoms with E-state index in [0.29, 0.717) is 30.6 Å². The highest BCUT2D eigenvalue weighted by atomic mass is 16.3. The Balaban J connectivity index is 1.60. The molecule has 0 aliphatic heterocycles. The molecule has 0 spiro atoms. The molecule has 0 heterocycles. The summed E-state index contributed by atoms with van der Waals surface area (Å²) in [7, 11) is 0. The van der Waals surface area contributed by atoms with Crippen LogP contribution in [0.3, 0.4) is 0 Å². The number of hydrogen-bond acceptors (Lipinski definition) is 4. The van der Waals surface area contributed by atoms with Crippen LogP contribution in [-0.4, -0.2) is 44.3 Å². The molecule has 0 radical (unpaired) electrons. The molecule has 4 saturated carbocycles. The van der Waals surface area contributed by atoms with E-state index >= 15 is 0 Å². The maximum Gasteiger partial charge on any atom is 0.0827 e. The van der Waals surface area contributed by atoms with Crippen LogP contribution >= 0.6 is 0 Å². The Morgan fingerprint density at radius 3 is 2.24 bits per heavy atom. The lowest BCUT2D eigenvalue weighted by Gasteiger charge is -2.67. The summed E-state index contributed by atoms with van der Waals surface area (Å²) in [6.45, 7) is 17.6. The van der Waals surface area contributed by atoms with Gasteiger partial charge in [0.05, 0.1) is 23.9 Å². The molecular formula is C29H50O4. The van der Waals surface area contributed by atoms with Crippen molar-refractivity contribution in [2.45, 2.75) is 117 Å². The molecule has 4 nitrogen and oxygen atoms in total. The van der Waals surface area contributed by atoms with Gasteiger partial charge in [-0.15, -0.1) is 0 Å². The largest absolute Gasteiger partial charge is 0.393 e. The first-order valence-electron chi connectivity index (χ1n) is 13.7. The fourth-order valence-electron chi connectivity index (χ4n) is 9.92. The third-order valence-corrected chi connectivity index (χ3v) is 11.6. The van der Waals surface area contributed by atoms with E-state index in [9.17, 15) is 20.4 Å². The van der Waals surface area contributed by atoms with Crippen molar-refractivity contribution in [1.82, 2.24) is 0 Å². The SMILES string of the molecule is C=C(CC[C@@H](C)[C@H]1CC[C@@H]2[C@]1(C)C[C@H](O)[C@@H]1[C@@]3(C)C[C@H](O)[C@H](O)[C@@H](C)[C@@H]3CC[C@@]21O)C(C)C. The number of allylic oxidation sites excluding steroid dienone is 1. The van der Waals surface area contributed by atoms with E-state index in [1.165, 1.54) is 5.57 Å². The van der Waals surface area contributed by atoms with Gasteiger partial charge in [-0.05, 0) is 97.7 Å². The molecule has 4 heteroatoms. The van der Waals surface area contributed by atoms with E-state index in [1.807, 2.05) is 6.92 Å². The summed E-state index contributed by atoms with van der Waals surface area (Å²) in [5.74, 6) is 1.72. The summed E-state index contributed by atoms with van der Waals surface area (Å²) >= 11 is 0. The Morgan fingerprint density at radius 2 is 1.61 bits per heavy atom. The molecule has 4 N–H and O–H groups in total. The zero-order chi connectivity index (χ0) is 24.5. The Hall–Kier alpha value is -0.420. The zero-order valence-electron chi connectivity index (χ0n) is 21.9. The molecule has 4 aliphatic rings. The molecule has 0 saturated heterocycles. The predicted octanol–water partition coefficient (Wildman–Crippen LogP) is 4.94. The third kappa shape index (κ3) is 3.77. The van der Waals surface area contributed by atoms with Gasteiger partial charge in [0.15, 0.2) is 0 Å². The van der Waals surface area contributed by atoms with Crippen LogP contribution in [0.2, 0.25) is 0 Å². The summed E-state index contributed by atoms with van der Waals surface area (Å²) in [5.41, 5.74) is 0.00690. The molecule has 4 aliphatic carbocycles. The van der Waals surface area contributed by atoms with Crippen molar-refractivity contribution in [1.29, 1.82) is 0 Å². The average molecular weight is 463 g/mol. The Labute approximate surface area is 201 Å². The normalized spacial score (nSPS) is 52.7. The van der Waals surface area contributed by atoms with Gasteiger partial charge in [-0.3, -0.25) is 0 Å². The van der Waals surface area contributed by atoms with Crippen LogP contribution in [0.5, 0.6) is 0 Å². The molecule has 0 aromatic rings. The molecular weight excluding hydrogens is 412 g/mol. The lowest BCUT2D eigenvalue weighted by molar-refractivity contribution is -0.277. The fourth-order valence-corrected chi connectivity index (χ4v) is 9.92. The average Bonchev–Trinajstić information content (AvgIpc) is 3.06. The van der Waals surface area contributed by atoms with Crippen molar-refractivity contribution in [2.24, 2.45) is 52.3 Å². The molecule has 33 heavy (non-hydrogen) atoms. The van der Waals surface area contributed by atoms with Crippen molar-refractivity contribution in [3.63, 3.8) is 0 Å². The van der Waals surface area contributed by atoms with E-state index < -0.39 is 23.9 Å². The highest BCUT2D eigenvalue weighted by Gasteiger charge is 2.70. The molecule has 4 fully saturated rings. The number of aliphatic hydroxyl groups is 4. The summed E-state index contributed by atoms with van der Waals surface area (Å²) < 4.78 is 0. The van der Waals surface area contributed by atoms with Gasteiger partial charge in [0, 0.05) is 5.92 Å². The maximum absolute atomic E-state index is 12.4. The smallest absolute Gasteiger partial charge is 0.0827 e. The Kier molecular flexibility index (Phi) is 6.69. The highest BCUT2D eigenvalue weighted by molar-refractivity contribution is 5.20. The topological polar surface area (TPSA) is 80.9 Å². The van der Waals surface area contributed by atoms with Crippen molar-refractivity contribution in [2.75, 3.05) is 0 Å². The first kappa shape index (κ1) is 25.7. The van der Waals surface area contributed by atoms with Crippen molar-refractivity contribution in [3.8, 4) is 0 Å². The van der Waals surface area contributed by atoms with Crippen LogP contribution in [0.1, 0.15) is 92.9 Å². The fraction of sp³-hybridized carbons (Fsp3) is 0.931. The van der Waals surface area contributed by atoms with Gasteiger partial charge in [-0.1, -0.05) is 53.7 Å². The Bertz CT molecular complexity index is 750. The van der Waals surface area contributed by atoms with Crippen molar-refractivity contribution in [3.05, 3.63) is 12.2 Å². The van der Waals surface area contributed by atoms with Crippen LogP contribution in [0.15, 0.2) is 12.2 Å². The molecule has 0 aromatic heterocycles. The van der Waals surface area contributed by atoms with Crippen molar-refractivity contribution >= 4 is 0 Å². The molecule has 0 unspecified atom stereocenters. The molecule has 4 rings (SSSR count). The second-order valence-electron chi connectivity index (χ2n) is 13.6. The summed E-state index contributed by atoms with van der Waals surface area (Å²) in [5, 5.41) is 45.4. The summed E-state index contributed by atoms with van der Waals surface area (Å²) in [4.78, 5) is 0. The first-order valence-corrected chi connectivity index (χ1v) is 13.7. The van der Waals surface area contributed by atoms with Crippen LogP contribution in [0.4, 0.5) is 0 Å². The van der Waals surface area contributed by atoms with Gasteiger partial charge >= 0.3 is 0 Å². The van der Waals surface area contributed by atoms with Crippen molar-refractivity contribution < 1.29 is 20.4 Å². The van der Waals surface area contributed by atoms with Gasteiger partial charge in [-0.2, -0.15) is 0 Å². The first-order chi connectivity index (χ1) is 15.3. The number of fused-ring (bicyclic) bond motifs is 5. The van der Waals surface area contributed by atoms with Crippen LogP contribution in [0, 0.1) is 52.3 Å². The minimum Gasteiger partial charge on any atom is -0.393 e. The number of hydrogen-bond donors (Lipinski definition) is 4. The molecule has 190 valence electrons. The van der Waals surface area contributed by atoms with Crippen LogP contribution in [-0.2, 0) is 0 Å². The van der Waals surface area contributed by atoms with E-state index in [2.05, 4.69) is 41.2 Å². The van der Waals surface area contributed by atoms with Gasteiger partial charge in [0.2, 0.25) is 0 Å². The Morgan fingerprint density at radius 1 is 0.970 bits per heavy atom. The van der Waals surface area contributed by atoms with E-state index in [-0.39, 0.29) is 34.5 Å². The van der Waals surface area contributed by atoms with Crippen LogP contribution < -0.4 is 0 Å². The lowest BCUT2D eigenvalue weighted by Crippen LogP contribution is -2.70. The van der Waals surface area contributed by atoms with Gasteiger partial charge < -0.3 is 20.4 Å². The molecule has 12 atom stereocenters. The summed E-state index contributed by atoms with van der Waals surface area (Å²) in [6.07, 6.45) is 5.04. The molecule has 0 amide bonds. The lowest BCUT2D eigenvalue weighted by atomic mass is 9.40. The third-order valence-electron chi connectivity index (χ3n) is 11.6. The number of rotatable bonds is 5. The predicted molar refractivity (Wildman–Crippen MR) is 132 cm³/mol. The van der Waals surface area contributed by atoms with Gasteiger partial charge in [-0.25, -0.2) is 0 Å². The quantitative estimate of drug-likeness (QED) is 0.436. The maximum atomic E-state index is 12.4. The minimum atomic E-state index is -0.893. The van der Waals surface area contributed by atoms with Gasteiger partial charge in [0.1, 0.15) is 0 Å². The second kappa shape index (κ2) is 8.61. The van der Waals surface area contributed by atoms with E-state index in [0.717, 1.165) is 38.5 Å². The van der Waals surface area contributed by atoms with E-state index in [1.54, 1.807) is 0 Å². The second-order valence-corrected chi connectivity index (χ2v) is 13.6. The highest BCUT2D eigenvalue weighted by Crippen LogP contribution is 2.70. The monoisotopic (exact) mass is 462 g/mol. The number of aliphatic hydroxyl groups excluding tert-OH is 3.